The summed E-state index contributed by atoms with van der Waals surface area (Å²) in [5.74, 6) is 0.986. The van der Waals surface area contributed by atoms with Crippen molar-refractivity contribution >= 4 is 41.7 Å². The molecule has 1 aliphatic carbocycles. The summed E-state index contributed by atoms with van der Waals surface area (Å²) in [6.45, 7) is 7.19. The van der Waals surface area contributed by atoms with E-state index < -0.39 is 0 Å². The van der Waals surface area contributed by atoms with Crippen molar-refractivity contribution in [2.75, 3.05) is 52.6 Å². The van der Waals surface area contributed by atoms with Crippen LogP contribution in [0.3, 0.4) is 0 Å². The molecule has 5 nitrogen and oxygen atoms in total. The molecule has 3 aliphatic heterocycles. The van der Waals surface area contributed by atoms with Crippen molar-refractivity contribution in [2.24, 2.45) is 4.99 Å². The lowest BCUT2D eigenvalue weighted by molar-refractivity contribution is 0.0154. The van der Waals surface area contributed by atoms with E-state index in [1.54, 1.807) is 0 Å². The van der Waals surface area contributed by atoms with Gasteiger partial charge in [0.2, 0.25) is 0 Å². The summed E-state index contributed by atoms with van der Waals surface area (Å²) in [6, 6.07) is 1.24. The van der Waals surface area contributed by atoms with Crippen molar-refractivity contribution < 1.29 is 0 Å². The van der Waals surface area contributed by atoms with Crippen LogP contribution >= 0.6 is 35.7 Å². The highest BCUT2D eigenvalue weighted by Crippen LogP contribution is 2.28. The van der Waals surface area contributed by atoms with Crippen molar-refractivity contribution in [2.45, 2.75) is 36.6 Å². The fourth-order valence-corrected chi connectivity index (χ4v) is 4.60. The second-order valence-electron chi connectivity index (χ2n) is 6.46. The van der Waals surface area contributed by atoms with Gasteiger partial charge in [0, 0.05) is 63.6 Å². The Labute approximate surface area is 156 Å². The van der Waals surface area contributed by atoms with Gasteiger partial charge in [-0.1, -0.05) is 0 Å². The number of piperazine rings is 3. The topological polar surface area (TPSA) is 42.9 Å². The molecule has 4 fully saturated rings. The predicted molar refractivity (Wildman–Crippen MR) is 107 cm³/mol. The fraction of sp³-hybridized carbons (Fsp3) is 0.933. The summed E-state index contributed by atoms with van der Waals surface area (Å²) in [4.78, 5) is 9.61. The molecule has 3 saturated heterocycles. The van der Waals surface area contributed by atoms with Crippen LogP contribution in [0.2, 0.25) is 0 Å². The number of hydrogen-bond acceptors (Lipinski definition) is 4. The summed E-state index contributed by atoms with van der Waals surface area (Å²) in [5.41, 5.74) is 0. The lowest BCUT2D eigenvalue weighted by atomic mass is 10.1. The van der Waals surface area contributed by atoms with Gasteiger partial charge in [0.1, 0.15) is 0 Å². The van der Waals surface area contributed by atoms with Gasteiger partial charge in [-0.3, -0.25) is 14.8 Å². The maximum atomic E-state index is 4.40. The lowest BCUT2D eigenvalue weighted by Gasteiger charge is -2.47. The van der Waals surface area contributed by atoms with Crippen LogP contribution in [-0.4, -0.2) is 85.7 Å². The van der Waals surface area contributed by atoms with E-state index in [2.05, 4.69) is 31.7 Å². The van der Waals surface area contributed by atoms with Crippen molar-refractivity contribution in [1.82, 2.24) is 20.4 Å². The summed E-state index contributed by atoms with van der Waals surface area (Å²) in [6.07, 6.45) is 6.10. The third kappa shape index (κ3) is 4.64. The number of fused-ring (bicyclic) bond motifs is 3. The highest BCUT2D eigenvalue weighted by molar-refractivity contribution is 14.0. The second kappa shape index (κ2) is 8.94. The largest absolute Gasteiger partial charge is 0.355 e. The Morgan fingerprint density at radius 1 is 1.23 bits per heavy atom. The third-order valence-corrected chi connectivity index (χ3v) is 6.27. The molecule has 2 N–H and O–H groups in total. The standard InChI is InChI=1S/C15H29N5S.HI/c1-16-15(18-12-3-4-14(9-12)21-2)17-10-13-11-19-5-7-20(13)8-6-19;/h12-14H,3-11H2,1-2H3,(H2,16,17,18);1H. The van der Waals surface area contributed by atoms with Crippen LogP contribution in [0.4, 0.5) is 0 Å². The summed E-state index contributed by atoms with van der Waals surface area (Å²) in [7, 11) is 1.88. The Morgan fingerprint density at radius 2 is 2.00 bits per heavy atom. The molecule has 2 bridgehead atoms. The van der Waals surface area contributed by atoms with Gasteiger partial charge in [-0.05, 0) is 25.5 Å². The molecule has 4 rings (SSSR count). The number of nitrogens with zero attached hydrogens (tertiary/aromatic N) is 3. The van der Waals surface area contributed by atoms with E-state index in [9.17, 15) is 0 Å². The molecule has 0 radical (unpaired) electrons. The van der Waals surface area contributed by atoms with E-state index in [-0.39, 0.29) is 24.0 Å². The average Bonchev–Trinajstić information content (AvgIpc) is 3.00. The van der Waals surface area contributed by atoms with Crippen molar-refractivity contribution in [3.05, 3.63) is 0 Å². The van der Waals surface area contributed by atoms with Gasteiger partial charge in [0.15, 0.2) is 5.96 Å². The maximum Gasteiger partial charge on any atom is 0.191 e. The zero-order chi connectivity index (χ0) is 14.7. The molecule has 0 aromatic heterocycles. The first-order chi connectivity index (χ1) is 10.3. The van der Waals surface area contributed by atoms with Gasteiger partial charge in [-0.2, -0.15) is 11.8 Å². The van der Waals surface area contributed by atoms with Crippen LogP contribution in [0.25, 0.3) is 0 Å². The first-order valence-electron chi connectivity index (χ1n) is 8.25. The summed E-state index contributed by atoms with van der Waals surface area (Å²) < 4.78 is 0. The molecule has 0 aromatic rings. The van der Waals surface area contributed by atoms with Gasteiger partial charge in [-0.15, -0.1) is 24.0 Å². The molecule has 7 heteroatoms. The number of halogens is 1. The van der Waals surface area contributed by atoms with E-state index in [4.69, 9.17) is 0 Å². The fourth-order valence-electron chi connectivity index (χ4n) is 3.81. The highest BCUT2D eigenvalue weighted by Gasteiger charge is 2.32. The van der Waals surface area contributed by atoms with Gasteiger partial charge < -0.3 is 10.6 Å². The van der Waals surface area contributed by atoms with Crippen LogP contribution in [0, 0.1) is 0 Å². The molecule has 0 aromatic carbocycles. The molecule has 3 unspecified atom stereocenters. The molecular formula is C15H30IN5S. The number of rotatable bonds is 4. The Balaban J connectivity index is 0.00000176. The van der Waals surface area contributed by atoms with Crippen molar-refractivity contribution in [1.29, 1.82) is 0 Å². The molecule has 3 atom stereocenters. The molecule has 128 valence electrons. The molecule has 4 aliphatic rings. The number of nitrogens with one attached hydrogen (secondary N) is 2. The normalized spacial score (nSPS) is 37.7. The Bertz CT molecular complexity index is 373. The quantitative estimate of drug-likeness (QED) is 0.390. The minimum atomic E-state index is 0. The monoisotopic (exact) mass is 439 g/mol. The number of aliphatic imine (C=N–C) groups is 1. The van der Waals surface area contributed by atoms with Gasteiger partial charge >= 0.3 is 0 Å². The molecule has 0 amide bonds. The first kappa shape index (κ1) is 18.6. The van der Waals surface area contributed by atoms with Crippen LogP contribution in [0.5, 0.6) is 0 Å². The Morgan fingerprint density at radius 3 is 2.55 bits per heavy atom. The van der Waals surface area contributed by atoms with Gasteiger partial charge in [-0.25, -0.2) is 0 Å². The van der Waals surface area contributed by atoms with E-state index in [1.807, 2.05) is 18.8 Å². The highest BCUT2D eigenvalue weighted by atomic mass is 127. The molecule has 3 heterocycles. The van der Waals surface area contributed by atoms with Crippen molar-refractivity contribution in [3.8, 4) is 0 Å². The van der Waals surface area contributed by atoms with Crippen LogP contribution in [-0.2, 0) is 0 Å². The zero-order valence-electron chi connectivity index (χ0n) is 13.8. The van der Waals surface area contributed by atoms with Crippen molar-refractivity contribution in [3.63, 3.8) is 0 Å². The smallest absolute Gasteiger partial charge is 0.191 e. The molecule has 22 heavy (non-hydrogen) atoms. The van der Waals surface area contributed by atoms with Crippen LogP contribution in [0.15, 0.2) is 4.99 Å². The van der Waals surface area contributed by atoms with E-state index in [0.717, 1.165) is 17.8 Å². The Hall–Kier alpha value is 0.270. The van der Waals surface area contributed by atoms with E-state index in [0.29, 0.717) is 12.1 Å². The van der Waals surface area contributed by atoms with Crippen LogP contribution in [0.1, 0.15) is 19.3 Å². The molecular weight excluding hydrogens is 409 g/mol. The summed E-state index contributed by atoms with van der Waals surface area (Å²) >= 11 is 2.00. The second-order valence-corrected chi connectivity index (χ2v) is 7.59. The summed E-state index contributed by atoms with van der Waals surface area (Å²) in [5, 5.41) is 7.98. The first-order valence-corrected chi connectivity index (χ1v) is 9.53. The van der Waals surface area contributed by atoms with E-state index in [1.165, 1.54) is 52.0 Å². The third-order valence-electron chi connectivity index (χ3n) is 5.18. The van der Waals surface area contributed by atoms with Gasteiger partial charge in [0.25, 0.3) is 0 Å². The van der Waals surface area contributed by atoms with Gasteiger partial charge in [0.05, 0.1) is 0 Å². The maximum absolute atomic E-state index is 4.40. The molecule has 0 spiro atoms. The predicted octanol–water partition coefficient (Wildman–Crippen LogP) is 1.05. The van der Waals surface area contributed by atoms with Crippen LogP contribution < -0.4 is 10.6 Å². The zero-order valence-corrected chi connectivity index (χ0v) is 16.9. The Kier molecular flexibility index (Phi) is 7.56. The number of guanidine groups is 1. The average molecular weight is 439 g/mol. The minimum Gasteiger partial charge on any atom is -0.355 e. The minimum absolute atomic E-state index is 0. The SMILES string of the molecule is CN=C(NCC1CN2CCN1CC2)NC1CCC(SC)C1.I. The lowest BCUT2D eigenvalue weighted by Crippen LogP contribution is -2.64. The number of thioether (sulfide) groups is 1. The molecule has 1 saturated carbocycles. The number of hydrogen-bond donors (Lipinski definition) is 2. The van der Waals surface area contributed by atoms with E-state index >= 15 is 0 Å².